The summed E-state index contributed by atoms with van der Waals surface area (Å²) in [6.45, 7) is 14.8. The van der Waals surface area contributed by atoms with Crippen LogP contribution in [-0.4, -0.2) is 10.2 Å². The van der Waals surface area contributed by atoms with E-state index >= 15 is 0 Å². The van der Waals surface area contributed by atoms with Gasteiger partial charge in [-0.15, -0.1) is 0 Å². The average Bonchev–Trinajstić information content (AvgIpc) is 2.67. The molecule has 2 N–H and O–H groups in total. The topological polar surface area (TPSA) is 40.5 Å². The Bertz CT molecular complexity index is 816. The minimum atomic E-state index is -0.0288. The van der Waals surface area contributed by atoms with E-state index in [1.54, 1.807) is 6.07 Å². The largest absolute Gasteiger partial charge is 0.504 e. The molecule has 0 aromatic heterocycles. The monoisotopic (exact) mass is 410 g/mol. The highest BCUT2D eigenvalue weighted by Crippen LogP contribution is 2.33. The Morgan fingerprint density at radius 1 is 0.700 bits per heavy atom. The van der Waals surface area contributed by atoms with E-state index in [0.29, 0.717) is 0 Å². The third kappa shape index (κ3) is 9.52. The molecule has 0 saturated heterocycles. The minimum absolute atomic E-state index is 0.00417. The first-order chi connectivity index (χ1) is 14.1. The van der Waals surface area contributed by atoms with E-state index in [2.05, 4.69) is 58.9 Å². The van der Waals surface area contributed by atoms with Crippen molar-refractivity contribution >= 4 is 0 Å². The Morgan fingerprint density at radius 3 is 1.67 bits per heavy atom. The number of benzene rings is 1. The van der Waals surface area contributed by atoms with E-state index in [9.17, 15) is 10.2 Å². The van der Waals surface area contributed by atoms with Gasteiger partial charge < -0.3 is 10.2 Å². The number of aromatic hydroxyl groups is 2. The standard InChI is InChI=1S/C28H42O2/c1-20(2)11-8-12-21(3)13-9-14-22(4)15-10-16-23(5)17-18-26-19-27(29)28(30)25(7)24(26)6/h11,13,15,17,19,29-30H,8-10,12,14,16,18H2,1-7H3/b21-13+,22-15+,23-17+. The Labute approximate surface area is 184 Å². The molecule has 1 aromatic carbocycles. The molecule has 30 heavy (non-hydrogen) atoms. The SMILES string of the molecule is CC(C)=CCC/C(C)=C/CC/C(C)=C/CC/C(C)=C/Cc1cc(O)c(O)c(C)c1C. The molecule has 0 aliphatic rings. The molecule has 1 rings (SSSR count). The highest BCUT2D eigenvalue weighted by Gasteiger charge is 2.10. The predicted octanol–water partition coefficient (Wildman–Crippen LogP) is 8.40. The molecular weight excluding hydrogens is 368 g/mol. The molecule has 0 bridgehead atoms. The molecule has 0 unspecified atom stereocenters. The summed E-state index contributed by atoms with van der Waals surface area (Å²) in [6, 6.07) is 1.68. The average molecular weight is 411 g/mol. The van der Waals surface area contributed by atoms with E-state index in [0.717, 1.165) is 61.6 Å². The normalized spacial score (nSPS) is 13.0. The van der Waals surface area contributed by atoms with E-state index in [-0.39, 0.29) is 11.5 Å². The number of allylic oxidation sites excluding steroid dienone is 8. The van der Waals surface area contributed by atoms with Crippen LogP contribution >= 0.6 is 0 Å². The van der Waals surface area contributed by atoms with E-state index < -0.39 is 0 Å². The lowest BCUT2D eigenvalue weighted by Crippen LogP contribution is -1.93. The van der Waals surface area contributed by atoms with Crippen molar-refractivity contribution in [2.75, 3.05) is 0 Å². The molecule has 166 valence electrons. The van der Waals surface area contributed by atoms with Crippen LogP contribution in [0.3, 0.4) is 0 Å². The van der Waals surface area contributed by atoms with Gasteiger partial charge in [0.05, 0.1) is 0 Å². The van der Waals surface area contributed by atoms with Crippen LogP contribution in [0, 0.1) is 13.8 Å². The van der Waals surface area contributed by atoms with Gasteiger partial charge in [-0.1, -0.05) is 46.6 Å². The van der Waals surface area contributed by atoms with Crippen molar-refractivity contribution in [2.24, 2.45) is 0 Å². The van der Waals surface area contributed by atoms with Crippen LogP contribution < -0.4 is 0 Å². The van der Waals surface area contributed by atoms with Crippen LogP contribution in [0.25, 0.3) is 0 Å². The van der Waals surface area contributed by atoms with Gasteiger partial charge in [0.25, 0.3) is 0 Å². The van der Waals surface area contributed by atoms with Gasteiger partial charge in [0.1, 0.15) is 0 Å². The number of phenols is 2. The van der Waals surface area contributed by atoms with Crippen molar-refractivity contribution in [3.05, 3.63) is 69.4 Å². The summed E-state index contributed by atoms with van der Waals surface area (Å²) in [5.41, 5.74) is 8.60. The summed E-state index contributed by atoms with van der Waals surface area (Å²) < 4.78 is 0. The van der Waals surface area contributed by atoms with Gasteiger partial charge in [0, 0.05) is 0 Å². The van der Waals surface area contributed by atoms with Crippen LogP contribution in [0.5, 0.6) is 11.5 Å². The van der Waals surface area contributed by atoms with Gasteiger partial charge in [-0.05, 0) is 116 Å². The van der Waals surface area contributed by atoms with Crippen LogP contribution in [0.1, 0.15) is 89.8 Å². The molecule has 0 aliphatic carbocycles. The molecule has 0 spiro atoms. The molecule has 0 atom stereocenters. The second kappa shape index (κ2) is 13.2. The quantitative estimate of drug-likeness (QED) is 0.284. The van der Waals surface area contributed by atoms with Crippen molar-refractivity contribution in [3.8, 4) is 11.5 Å². The molecule has 0 fully saturated rings. The van der Waals surface area contributed by atoms with E-state index in [4.69, 9.17) is 0 Å². The maximum Gasteiger partial charge on any atom is 0.160 e. The first-order valence-corrected chi connectivity index (χ1v) is 11.2. The van der Waals surface area contributed by atoms with Crippen molar-refractivity contribution < 1.29 is 10.2 Å². The minimum Gasteiger partial charge on any atom is -0.504 e. The maximum absolute atomic E-state index is 9.86. The maximum atomic E-state index is 9.86. The number of hydrogen-bond donors (Lipinski definition) is 2. The first-order valence-electron chi connectivity index (χ1n) is 11.2. The lowest BCUT2D eigenvalue weighted by atomic mass is 9.97. The third-order valence-electron chi connectivity index (χ3n) is 5.78. The van der Waals surface area contributed by atoms with Crippen LogP contribution in [0.15, 0.2) is 52.7 Å². The number of phenolic OH excluding ortho intramolecular Hbond substituents is 2. The Kier molecular flexibility index (Phi) is 11.3. The summed E-state index contributed by atoms with van der Waals surface area (Å²) in [5, 5.41) is 19.7. The Hall–Kier alpha value is -2.22. The second-order valence-electron chi connectivity index (χ2n) is 8.91. The molecule has 0 heterocycles. The zero-order valence-corrected chi connectivity index (χ0v) is 20.2. The van der Waals surface area contributed by atoms with Gasteiger partial charge in [-0.2, -0.15) is 0 Å². The number of rotatable bonds is 11. The molecule has 1 aromatic rings. The third-order valence-corrected chi connectivity index (χ3v) is 5.78. The zero-order valence-electron chi connectivity index (χ0n) is 20.2. The van der Waals surface area contributed by atoms with Gasteiger partial charge in [-0.3, -0.25) is 0 Å². The predicted molar refractivity (Wildman–Crippen MR) is 131 cm³/mol. The number of hydrogen-bond acceptors (Lipinski definition) is 2. The summed E-state index contributed by atoms with van der Waals surface area (Å²) in [6.07, 6.45) is 16.8. The fourth-order valence-corrected chi connectivity index (χ4v) is 3.44. The molecule has 0 saturated carbocycles. The van der Waals surface area contributed by atoms with Gasteiger partial charge in [-0.25, -0.2) is 0 Å². The molecular formula is C28H42O2. The fraction of sp³-hybridized carbons (Fsp3) is 0.500. The molecule has 0 aliphatic heterocycles. The van der Waals surface area contributed by atoms with Crippen molar-refractivity contribution in [1.29, 1.82) is 0 Å². The summed E-state index contributed by atoms with van der Waals surface area (Å²) >= 11 is 0. The van der Waals surface area contributed by atoms with Crippen molar-refractivity contribution in [3.63, 3.8) is 0 Å². The fourth-order valence-electron chi connectivity index (χ4n) is 3.44. The molecule has 2 nitrogen and oxygen atoms in total. The second-order valence-corrected chi connectivity index (χ2v) is 8.91. The zero-order chi connectivity index (χ0) is 22.7. The van der Waals surface area contributed by atoms with Crippen LogP contribution in [0.4, 0.5) is 0 Å². The van der Waals surface area contributed by atoms with E-state index in [1.165, 1.54) is 22.3 Å². The highest BCUT2D eigenvalue weighted by atomic mass is 16.3. The van der Waals surface area contributed by atoms with Crippen LogP contribution in [0.2, 0.25) is 0 Å². The Morgan fingerprint density at radius 2 is 1.17 bits per heavy atom. The van der Waals surface area contributed by atoms with Gasteiger partial charge in [0.15, 0.2) is 11.5 Å². The lowest BCUT2D eigenvalue weighted by Gasteiger charge is -2.11. The first kappa shape index (κ1) is 25.8. The van der Waals surface area contributed by atoms with Gasteiger partial charge >= 0.3 is 0 Å². The molecule has 0 radical (unpaired) electrons. The summed E-state index contributed by atoms with van der Waals surface area (Å²) in [5.74, 6) is -0.0329. The summed E-state index contributed by atoms with van der Waals surface area (Å²) in [7, 11) is 0. The molecule has 2 heteroatoms. The highest BCUT2D eigenvalue weighted by molar-refractivity contribution is 5.52. The van der Waals surface area contributed by atoms with Crippen LogP contribution in [-0.2, 0) is 6.42 Å². The van der Waals surface area contributed by atoms with Gasteiger partial charge in [0.2, 0.25) is 0 Å². The lowest BCUT2D eigenvalue weighted by molar-refractivity contribution is 0.400. The smallest absolute Gasteiger partial charge is 0.160 e. The molecule has 0 amide bonds. The Balaban J connectivity index is 2.45. The summed E-state index contributed by atoms with van der Waals surface area (Å²) in [4.78, 5) is 0. The van der Waals surface area contributed by atoms with Crippen molar-refractivity contribution in [1.82, 2.24) is 0 Å². The van der Waals surface area contributed by atoms with E-state index in [1.807, 2.05) is 13.8 Å². The van der Waals surface area contributed by atoms with Crippen molar-refractivity contribution in [2.45, 2.75) is 93.4 Å².